The van der Waals surface area contributed by atoms with E-state index in [1.807, 2.05) is 19.3 Å². The first-order chi connectivity index (χ1) is 12.0. The smallest absolute Gasteiger partial charge is 0.214 e. The minimum atomic E-state index is -3.32. The summed E-state index contributed by atoms with van der Waals surface area (Å²) in [6.45, 7) is 0. The third-order valence-corrected chi connectivity index (χ3v) is 7.30. The summed E-state index contributed by atoms with van der Waals surface area (Å²) in [6.07, 6.45) is 5.77. The molecule has 0 spiro atoms. The van der Waals surface area contributed by atoms with Gasteiger partial charge < -0.3 is 9.88 Å². The number of rotatable bonds is 5. The highest BCUT2D eigenvalue weighted by molar-refractivity contribution is 7.90. The molecule has 0 bridgehead atoms. The molecule has 2 saturated carbocycles. The first kappa shape index (κ1) is 16.3. The van der Waals surface area contributed by atoms with Gasteiger partial charge in [0.15, 0.2) is 0 Å². The number of H-pyrrole nitrogens is 1. The number of nitrogens with one attached hydrogen (secondary N) is 2. The lowest BCUT2D eigenvalue weighted by atomic mass is 9.86. The quantitative estimate of drug-likeness (QED) is 0.826. The monoisotopic (exact) mass is 360 g/mol. The van der Waals surface area contributed by atoms with Crippen molar-refractivity contribution in [2.45, 2.75) is 43.0 Å². The van der Waals surface area contributed by atoms with Crippen molar-refractivity contribution in [3.05, 3.63) is 18.6 Å². The molecule has 0 atom stereocenters. The van der Waals surface area contributed by atoms with Crippen LogP contribution in [0, 0.1) is 17.2 Å². The Labute approximate surface area is 146 Å². The number of nitriles is 1. The summed E-state index contributed by atoms with van der Waals surface area (Å²) in [5.41, 5.74) is 0.797. The van der Waals surface area contributed by atoms with Crippen molar-refractivity contribution < 1.29 is 8.42 Å². The fraction of sp³-hybridized carbons (Fsp3) is 0.562. The van der Waals surface area contributed by atoms with E-state index >= 15 is 0 Å². The van der Waals surface area contributed by atoms with Crippen molar-refractivity contribution in [1.82, 2.24) is 19.7 Å². The average molecular weight is 360 g/mol. The Hall–Kier alpha value is -2.18. The Morgan fingerprint density at radius 3 is 2.80 bits per heavy atom. The number of fused-ring (bicyclic) bond motifs is 1. The molecule has 4 rings (SSSR count). The van der Waals surface area contributed by atoms with Gasteiger partial charge in [-0.2, -0.15) is 5.26 Å². The number of aromatic nitrogens is 3. The SMILES string of the molecule is CN(c1ncnc2[nH]ccc12)[C@H]1C[C@@H](NS(=O)(=O)[C@H]2C[C@@H](C#N)C2)C1. The van der Waals surface area contributed by atoms with Crippen molar-refractivity contribution in [1.29, 1.82) is 5.26 Å². The summed E-state index contributed by atoms with van der Waals surface area (Å²) >= 11 is 0. The number of aromatic amines is 1. The van der Waals surface area contributed by atoms with Crippen LogP contribution >= 0.6 is 0 Å². The Bertz CT molecular complexity index is 921. The number of hydrogen-bond acceptors (Lipinski definition) is 6. The Morgan fingerprint density at radius 1 is 1.32 bits per heavy atom. The van der Waals surface area contributed by atoms with Gasteiger partial charge in [-0.15, -0.1) is 0 Å². The lowest BCUT2D eigenvalue weighted by Crippen LogP contribution is -2.55. The predicted octanol–water partition coefficient (Wildman–Crippen LogP) is 1.15. The minimum Gasteiger partial charge on any atom is -0.356 e. The van der Waals surface area contributed by atoms with E-state index in [0.29, 0.717) is 12.8 Å². The first-order valence-electron chi connectivity index (χ1n) is 8.39. The van der Waals surface area contributed by atoms with E-state index in [2.05, 4.69) is 30.6 Å². The van der Waals surface area contributed by atoms with Crippen molar-refractivity contribution in [2.24, 2.45) is 5.92 Å². The molecule has 2 heterocycles. The van der Waals surface area contributed by atoms with E-state index in [1.54, 1.807) is 0 Å². The Balaban J connectivity index is 1.36. The molecule has 0 amide bonds. The maximum absolute atomic E-state index is 12.3. The minimum absolute atomic E-state index is 0.0397. The van der Waals surface area contributed by atoms with Crippen LogP contribution in [0.15, 0.2) is 18.6 Å². The van der Waals surface area contributed by atoms with Gasteiger partial charge in [-0.25, -0.2) is 23.1 Å². The van der Waals surface area contributed by atoms with Gasteiger partial charge in [0.1, 0.15) is 17.8 Å². The molecular weight excluding hydrogens is 340 g/mol. The van der Waals surface area contributed by atoms with Gasteiger partial charge in [0.25, 0.3) is 0 Å². The Morgan fingerprint density at radius 2 is 2.08 bits per heavy atom. The van der Waals surface area contributed by atoms with Gasteiger partial charge in [0.05, 0.1) is 16.7 Å². The second kappa shape index (κ2) is 5.97. The Kier molecular flexibility index (Phi) is 3.89. The number of anilines is 1. The fourth-order valence-corrected chi connectivity index (χ4v) is 5.39. The summed E-state index contributed by atoms with van der Waals surface area (Å²) in [7, 11) is -1.34. The van der Waals surface area contributed by atoms with E-state index in [0.717, 1.165) is 29.7 Å². The third-order valence-electron chi connectivity index (χ3n) is 5.38. The van der Waals surface area contributed by atoms with Crippen molar-refractivity contribution in [2.75, 3.05) is 11.9 Å². The summed E-state index contributed by atoms with van der Waals surface area (Å²) in [5.74, 6) is 0.747. The van der Waals surface area contributed by atoms with Crippen LogP contribution in [0.2, 0.25) is 0 Å². The third kappa shape index (κ3) is 2.85. The molecule has 2 fully saturated rings. The molecular formula is C16H20N6O2S. The van der Waals surface area contributed by atoms with E-state index in [1.165, 1.54) is 6.33 Å². The van der Waals surface area contributed by atoms with Crippen molar-refractivity contribution >= 4 is 26.9 Å². The van der Waals surface area contributed by atoms with Crippen LogP contribution in [0.25, 0.3) is 11.0 Å². The second-order valence-corrected chi connectivity index (χ2v) is 8.94. The van der Waals surface area contributed by atoms with E-state index in [-0.39, 0.29) is 18.0 Å². The highest BCUT2D eigenvalue weighted by Gasteiger charge is 2.42. The summed E-state index contributed by atoms with van der Waals surface area (Å²) in [6, 6.07) is 4.28. The first-order valence-corrected chi connectivity index (χ1v) is 9.94. The molecule has 2 aromatic rings. The van der Waals surface area contributed by atoms with Gasteiger partial charge >= 0.3 is 0 Å². The highest BCUT2D eigenvalue weighted by atomic mass is 32.2. The molecule has 0 unspecified atom stereocenters. The van der Waals surface area contributed by atoms with Gasteiger partial charge in [-0.1, -0.05) is 0 Å². The van der Waals surface area contributed by atoms with E-state index in [9.17, 15) is 8.42 Å². The highest BCUT2D eigenvalue weighted by Crippen LogP contribution is 2.35. The largest absolute Gasteiger partial charge is 0.356 e. The fourth-order valence-electron chi connectivity index (χ4n) is 3.57. The zero-order chi connectivity index (χ0) is 17.6. The van der Waals surface area contributed by atoms with Gasteiger partial charge in [0, 0.05) is 31.2 Å². The van der Waals surface area contributed by atoms with Gasteiger partial charge in [-0.05, 0) is 31.7 Å². The van der Waals surface area contributed by atoms with Crippen LogP contribution in [0.4, 0.5) is 5.82 Å². The lowest BCUT2D eigenvalue weighted by Gasteiger charge is -2.43. The lowest BCUT2D eigenvalue weighted by molar-refractivity contribution is 0.309. The van der Waals surface area contributed by atoms with Crippen LogP contribution in [0.1, 0.15) is 25.7 Å². The standard InChI is InChI=1S/C16H20N6O2S/c1-22(16-14-2-3-18-15(14)19-9-20-16)12-6-11(7-12)21-25(23,24)13-4-10(5-13)8-17/h2-3,9-13,21H,4-7H2,1H3,(H,18,19,20)/t10-,11-,12+,13+. The molecule has 2 aliphatic rings. The van der Waals surface area contributed by atoms with E-state index < -0.39 is 15.3 Å². The number of nitrogens with zero attached hydrogens (tertiary/aromatic N) is 4. The van der Waals surface area contributed by atoms with Crippen LogP contribution < -0.4 is 9.62 Å². The van der Waals surface area contributed by atoms with Crippen LogP contribution in [0.3, 0.4) is 0 Å². The number of hydrogen-bond donors (Lipinski definition) is 2. The van der Waals surface area contributed by atoms with Gasteiger partial charge in [0.2, 0.25) is 10.0 Å². The molecule has 0 saturated heterocycles. The molecule has 2 aliphatic carbocycles. The summed E-state index contributed by atoms with van der Waals surface area (Å²) in [4.78, 5) is 13.7. The topological polar surface area (TPSA) is 115 Å². The zero-order valence-corrected chi connectivity index (χ0v) is 14.7. The molecule has 0 aromatic carbocycles. The number of sulfonamides is 1. The molecule has 132 valence electrons. The molecule has 9 heteroatoms. The molecule has 2 aromatic heterocycles. The summed E-state index contributed by atoms with van der Waals surface area (Å²) in [5, 5.41) is 9.35. The molecule has 0 aliphatic heterocycles. The normalized spacial score (nSPS) is 28.8. The van der Waals surface area contributed by atoms with Crippen molar-refractivity contribution in [3.63, 3.8) is 0 Å². The van der Waals surface area contributed by atoms with E-state index in [4.69, 9.17) is 5.26 Å². The van der Waals surface area contributed by atoms with Gasteiger partial charge in [-0.3, -0.25) is 0 Å². The van der Waals surface area contributed by atoms with Crippen LogP contribution in [-0.2, 0) is 10.0 Å². The van der Waals surface area contributed by atoms with Crippen LogP contribution in [0.5, 0.6) is 0 Å². The maximum atomic E-state index is 12.3. The second-order valence-electron chi connectivity index (χ2n) is 6.95. The van der Waals surface area contributed by atoms with Crippen LogP contribution in [-0.4, -0.2) is 47.8 Å². The predicted molar refractivity (Wildman–Crippen MR) is 93.3 cm³/mol. The zero-order valence-electron chi connectivity index (χ0n) is 13.9. The molecule has 25 heavy (non-hydrogen) atoms. The summed E-state index contributed by atoms with van der Waals surface area (Å²) < 4.78 is 27.4. The average Bonchev–Trinajstić information content (AvgIpc) is 2.97. The molecule has 8 nitrogen and oxygen atoms in total. The molecule has 0 radical (unpaired) electrons. The maximum Gasteiger partial charge on any atom is 0.214 e. The van der Waals surface area contributed by atoms with Crippen molar-refractivity contribution in [3.8, 4) is 6.07 Å². The molecule has 2 N–H and O–H groups in total.